The molecule has 21 heavy (non-hydrogen) atoms. The molecule has 0 spiro atoms. The van der Waals surface area contributed by atoms with E-state index in [9.17, 15) is 5.11 Å². The van der Waals surface area contributed by atoms with Gasteiger partial charge in [-0.1, -0.05) is 42.5 Å². The highest BCUT2D eigenvalue weighted by molar-refractivity contribution is 5.55. The Bertz CT molecular complexity index is 694. The van der Waals surface area contributed by atoms with Gasteiger partial charge in [-0.3, -0.25) is 0 Å². The van der Waals surface area contributed by atoms with Crippen LogP contribution in [-0.4, -0.2) is 15.1 Å². The van der Waals surface area contributed by atoms with Crippen LogP contribution in [0.2, 0.25) is 0 Å². The van der Waals surface area contributed by atoms with Crippen LogP contribution in [0, 0.1) is 0 Å². The maximum absolute atomic E-state index is 9.24. The lowest BCUT2D eigenvalue weighted by Gasteiger charge is -2.07. The van der Waals surface area contributed by atoms with Gasteiger partial charge in [-0.2, -0.15) is 0 Å². The second-order valence-corrected chi connectivity index (χ2v) is 4.68. The Morgan fingerprint density at radius 1 is 0.857 bits per heavy atom. The lowest BCUT2D eigenvalue weighted by Crippen LogP contribution is -2.00. The lowest BCUT2D eigenvalue weighted by molar-refractivity contribution is 0.475. The molecule has 0 aliphatic heterocycles. The SMILES string of the molecule is Oc1ccc(CNc2cnc(-c3ccccc3)nc2)cc1. The average molecular weight is 277 g/mol. The maximum Gasteiger partial charge on any atom is 0.159 e. The van der Waals surface area contributed by atoms with E-state index in [1.807, 2.05) is 42.5 Å². The summed E-state index contributed by atoms with van der Waals surface area (Å²) in [4.78, 5) is 8.72. The third-order valence-electron chi connectivity index (χ3n) is 3.12. The highest BCUT2D eigenvalue weighted by Gasteiger charge is 2.00. The summed E-state index contributed by atoms with van der Waals surface area (Å²) in [6, 6.07) is 17.0. The van der Waals surface area contributed by atoms with Gasteiger partial charge in [0.2, 0.25) is 0 Å². The molecule has 0 radical (unpaired) electrons. The number of phenolic OH excluding ortho intramolecular Hbond substituents is 1. The van der Waals surface area contributed by atoms with E-state index in [1.54, 1.807) is 24.5 Å². The van der Waals surface area contributed by atoms with Gasteiger partial charge < -0.3 is 10.4 Å². The smallest absolute Gasteiger partial charge is 0.159 e. The van der Waals surface area contributed by atoms with Gasteiger partial charge in [0.1, 0.15) is 5.75 Å². The summed E-state index contributed by atoms with van der Waals surface area (Å²) in [5.74, 6) is 0.986. The molecule has 4 heteroatoms. The Morgan fingerprint density at radius 2 is 1.52 bits per heavy atom. The second-order valence-electron chi connectivity index (χ2n) is 4.68. The first-order valence-electron chi connectivity index (χ1n) is 6.70. The van der Waals surface area contributed by atoms with Crippen molar-refractivity contribution in [2.24, 2.45) is 0 Å². The molecule has 0 unspecified atom stereocenters. The molecule has 2 aromatic carbocycles. The average Bonchev–Trinajstić information content (AvgIpc) is 2.56. The predicted octanol–water partition coefficient (Wildman–Crippen LogP) is 3.46. The molecule has 0 aliphatic carbocycles. The van der Waals surface area contributed by atoms with Crippen molar-refractivity contribution in [3.05, 3.63) is 72.6 Å². The van der Waals surface area contributed by atoms with E-state index in [2.05, 4.69) is 15.3 Å². The van der Waals surface area contributed by atoms with E-state index in [-0.39, 0.29) is 5.75 Å². The molecule has 0 saturated carbocycles. The van der Waals surface area contributed by atoms with Crippen molar-refractivity contribution >= 4 is 5.69 Å². The van der Waals surface area contributed by atoms with Crippen molar-refractivity contribution in [2.45, 2.75) is 6.54 Å². The van der Waals surface area contributed by atoms with E-state index >= 15 is 0 Å². The topological polar surface area (TPSA) is 58.0 Å². The molecule has 1 heterocycles. The Kier molecular flexibility index (Phi) is 3.78. The van der Waals surface area contributed by atoms with Crippen LogP contribution in [0.4, 0.5) is 5.69 Å². The number of phenols is 1. The molecule has 0 atom stereocenters. The van der Waals surface area contributed by atoms with Gasteiger partial charge in [-0.15, -0.1) is 0 Å². The summed E-state index contributed by atoms with van der Waals surface area (Å²) in [7, 11) is 0. The number of aromatic hydroxyl groups is 1. The standard InChI is InChI=1S/C17H15N3O/c21-16-8-6-13(7-9-16)10-18-15-11-19-17(20-12-15)14-4-2-1-3-5-14/h1-9,11-12,18,21H,10H2. The number of rotatable bonds is 4. The van der Waals surface area contributed by atoms with Gasteiger partial charge in [0, 0.05) is 12.1 Å². The fourth-order valence-electron chi connectivity index (χ4n) is 1.97. The molecule has 3 aromatic rings. The van der Waals surface area contributed by atoms with Crippen LogP contribution in [0.1, 0.15) is 5.56 Å². The van der Waals surface area contributed by atoms with Crippen molar-refractivity contribution in [3.63, 3.8) is 0 Å². The van der Waals surface area contributed by atoms with Crippen molar-refractivity contribution in [1.82, 2.24) is 9.97 Å². The minimum absolute atomic E-state index is 0.272. The first-order valence-corrected chi connectivity index (χ1v) is 6.70. The van der Waals surface area contributed by atoms with Gasteiger partial charge in [0.05, 0.1) is 18.1 Å². The van der Waals surface area contributed by atoms with Crippen LogP contribution < -0.4 is 5.32 Å². The van der Waals surface area contributed by atoms with E-state index in [0.29, 0.717) is 12.4 Å². The van der Waals surface area contributed by atoms with Crippen LogP contribution in [0.5, 0.6) is 5.75 Å². The second kappa shape index (κ2) is 6.05. The summed E-state index contributed by atoms with van der Waals surface area (Å²) < 4.78 is 0. The Balaban J connectivity index is 1.66. The number of hydrogen-bond donors (Lipinski definition) is 2. The molecule has 0 fully saturated rings. The normalized spacial score (nSPS) is 10.3. The Morgan fingerprint density at radius 3 is 2.19 bits per heavy atom. The zero-order chi connectivity index (χ0) is 14.5. The number of nitrogens with zero attached hydrogens (tertiary/aromatic N) is 2. The van der Waals surface area contributed by atoms with Crippen LogP contribution in [0.25, 0.3) is 11.4 Å². The lowest BCUT2D eigenvalue weighted by atomic mass is 10.2. The summed E-state index contributed by atoms with van der Waals surface area (Å²) >= 11 is 0. The van der Waals surface area contributed by atoms with Crippen LogP contribution in [-0.2, 0) is 6.54 Å². The number of nitrogens with one attached hydrogen (secondary N) is 1. The fourth-order valence-corrected chi connectivity index (χ4v) is 1.97. The molecule has 0 amide bonds. The van der Waals surface area contributed by atoms with Crippen LogP contribution >= 0.6 is 0 Å². The largest absolute Gasteiger partial charge is 0.508 e. The van der Waals surface area contributed by atoms with Gasteiger partial charge in [0.15, 0.2) is 5.82 Å². The summed E-state index contributed by atoms with van der Waals surface area (Å²) in [6.07, 6.45) is 3.55. The van der Waals surface area contributed by atoms with Crippen molar-refractivity contribution < 1.29 is 5.11 Å². The van der Waals surface area contributed by atoms with Gasteiger partial charge in [0.25, 0.3) is 0 Å². The number of hydrogen-bond acceptors (Lipinski definition) is 4. The zero-order valence-electron chi connectivity index (χ0n) is 11.4. The zero-order valence-corrected chi connectivity index (χ0v) is 11.4. The predicted molar refractivity (Wildman–Crippen MR) is 82.9 cm³/mol. The number of anilines is 1. The van der Waals surface area contributed by atoms with E-state index in [4.69, 9.17) is 0 Å². The van der Waals surface area contributed by atoms with Gasteiger partial charge in [-0.05, 0) is 17.7 Å². The molecule has 3 rings (SSSR count). The molecule has 0 bridgehead atoms. The first kappa shape index (κ1) is 13.1. The summed E-state index contributed by atoms with van der Waals surface area (Å²) in [5.41, 5.74) is 2.95. The molecule has 2 N–H and O–H groups in total. The molecule has 1 aromatic heterocycles. The molecular formula is C17H15N3O. The van der Waals surface area contributed by atoms with E-state index in [1.165, 1.54) is 0 Å². The van der Waals surface area contributed by atoms with E-state index in [0.717, 1.165) is 16.8 Å². The Labute approximate surface area is 123 Å². The molecular weight excluding hydrogens is 262 g/mol. The van der Waals surface area contributed by atoms with Crippen molar-refractivity contribution in [2.75, 3.05) is 5.32 Å². The highest BCUT2D eigenvalue weighted by atomic mass is 16.3. The number of aromatic nitrogens is 2. The third kappa shape index (κ3) is 3.36. The Hall–Kier alpha value is -2.88. The quantitative estimate of drug-likeness (QED) is 0.766. The van der Waals surface area contributed by atoms with Gasteiger partial charge in [-0.25, -0.2) is 9.97 Å². The molecule has 0 aliphatic rings. The third-order valence-corrected chi connectivity index (χ3v) is 3.12. The first-order chi connectivity index (χ1) is 10.3. The molecule has 104 valence electrons. The van der Waals surface area contributed by atoms with E-state index < -0.39 is 0 Å². The maximum atomic E-state index is 9.24. The fraction of sp³-hybridized carbons (Fsp3) is 0.0588. The van der Waals surface area contributed by atoms with Crippen molar-refractivity contribution in [3.8, 4) is 17.1 Å². The monoisotopic (exact) mass is 277 g/mol. The van der Waals surface area contributed by atoms with Crippen LogP contribution in [0.3, 0.4) is 0 Å². The van der Waals surface area contributed by atoms with Crippen molar-refractivity contribution in [1.29, 1.82) is 0 Å². The van der Waals surface area contributed by atoms with Gasteiger partial charge >= 0.3 is 0 Å². The summed E-state index contributed by atoms with van der Waals surface area (Å²) in [6.45, 7) is 0.661. The molecule has 0 saturated heterocycles. The summed E-state index contributed by atoms with van der Waals surface area (Å²) in [5, 5.41) is 12.5. The minimum Gasteiger partial charge on any atom is -0.508 e. The van der Waals surface area contributed by atoms with Crippen LogP contribution in [0.15, 0.2) is 67.0 Å². The number of benzene rings is 2. The highest BCUT2D eigenvalue weighted by Crippen LogP contribution is 2.16. The molecule has 4 nitrogen and oxygen atoms in total. The minimum atomic E-state index is 0.272.